The first-order chi connectivity index (χ1) is 7.77. The fourth-order valence-corrected chi connectivity index (χ4v) is 2.00. The zero-order valence-corrected chi connectivity index (χ0v) is 10.2. The second kappa shape index (κ2) is 7.16. The lowest BCUT2D eigenvalue weighted by molar-refractivity contribution is 0.197. The molecule has 1 atom stereocenters. The summed E-state index contributed by atoms with van der Waals surface area (Å²) in [7, 11) is 0. The first-order valence-electron chi connectivity index (χ1n) is 6.29. The number of rotatable bonds is 3. The summed E-state index contributed by atoms with van der Waals surface area (Å²) in [6, 6.07) is -0.0981. The zero-order chi connectivity index (χ0) is 11.8. The smallest absolute Gasteiger partial charge is 0.318 e. The Morgan fingerprint density at radius 3 is 2.50 bits per heavy atom. The van der Waals surface area contributed by atoms with Crippen LogP contribution in [0.5, 0.6) is 0 Å². The highest BCUT2D eigenvalue weighted by molar-refractivity contribution is 5.74. The second-order valence-corrected chi connectivity index (χ2v) is 4.36. The van der Waals surface area contributed by atoms with E-state index in [1.807, 2.05) is 4.90 Å². The molecule has 0 aliphatic carbocycles. The summed E-state index contributed by atoms with van der Waals surface area (Å²) in [5.74, 6) is 2.63. The van der Waals surface area contributed by atoms with Crippen molar-refractivity contribution in [2.45, 2.75) is 51.5 Å². The standard InChI is InChI=1S/C13H22N2O/c1-3-9-12(4-2)14-13(16)15-10-7-5-6-8-11-15/h2,12H,3,5-11H2,1H3,(H,14,16). The molecule has 0 bridgehead atoms. The summed E-state index contributed by atoms with van der Waals surface area (Å²) in [6.07, 6.45) is 11.9. The Morgan fingerprint density at radius 2 is 2.00 bits per heavy atom. The van der Waals surface area contributed by atoms with Gasteiger partial charge in [-0.05, 0) is 19.3 Å². The van der Waals surface area contributed by atoms with Crippen LogP contribution in [0.2, 0.25) is 0 Å². The van der Waals surface area contributed by atoms with E-state index in [0.29, 0.717) is 0 Å². The third-order valence-electron chi connectivity index (χ3n) is 2.97. The van der Waals surface area contributed by atoms with Gasteiger partial charge in [0.25, 0.3) is 0 Å². The van der Waals surface area contributed by atoms with E-state index in [2.05, 4.69) is 18.2 Å². The van der Waals surface area contributed by atoms with Crippen LogP contribution >= 0.6 is 0 Å². The minimum Gasteiger partial charge on any atom is -0.325 e. The van der Waals surface area contributed by atoms with Gasteiger partial charge in [0.15, 0.2) is 0 Å². The Bertz CT molecular complexity index is 249. The van der Waals surface area contributed by atoms with Gasteiger partial charge in [-0.1, -0.05) is 32.1 Å². The van der Waals surface area contributed by atoms with E-state index in [0.717, 1.165) is 38.8 Å². The predicted octanol–water partition coefficient (Wildman–Crippen LogP) is 2.37. The normalized spacial score (nSPS) is 18.4. The number of nitrogens with zero attached hydrogens (tertiary/aromatic N) is 1. The summed E-state index contributed by atoms with van der Waals surface area (Å²) in [5.41, 5.74) is 0. The molecule has 0 saturated carbocycles. The monoisotopic (exact) mass is 222 g/mol. The molecule has 90 valence electrons. The number of hydrogen-bond acceptors (Lipinski definition) is 1. The molecule has 0 spiro atoms. The molecule has 3 heteroatoms. The second-order valence-electron chi connectivity index (χ2n) is 4.36. The van der Waals surface area contributed by atoms with Gasteiger partial charge in [-0.3, -0.25) is 0 Å². The number of amides is 2. The largest absolute Gasteiger partial charge is 0.325 e. The van der Waals surface area contributed by atoms with E-state index in [4.69, 9.17) is 6.42 Å². The quantitative estimate of drug-likeness (QED) is 0.731. The fraction of sp³-hybridized carbons (Fsp3) is 0.769. The van der Waals surface area contributed by atoms with Gasteiger partial charge in [0.2, 0.25) is 0 Å². The van der Waals surface area contributed by atoms with Crippen molar-refractivity contribution in [2.75, 3.05) is 13.1 Å². The van der Waals surface area contributed by atoms with Crippen molar-refractivity contribution in [3.8, 4) is 12.3 Å². The van der Waals surface area contributed by atoms with Crippen LogP contribution in [0, 0.1) is 12.3 Å². The highest BCUT2D eigenvalue weighted by atomic mass is 16.2. The van der Waals surface area contributed by atoms with Gasteiger partial charge in [-0.15, -0.1) is 6.42 Å². The summed E-state index contributed by atoms with van der Waals surface area (Å²) in [4.78, 5) is 13.8. The molecule has 0 aromatic carbocycles. The Labute approximate surface area is 98.6 Å². The molecule has 0 aromatic rings. The number of urea groups is 1. The Kier molecular flexibility index (Phi) is 5.77. The summed E-state index contributed by atoms with van der Waals surface area (Å²) >= 11 is 0. The summed E-state index contributed by atoms with van der Waals surface area (Å²) in [6.45, 7) is 3.81. The average Bonchev–Trinajstić information content (AvgIpc) is 2.56. The number of terminal acetylenes is 1. The van der Waals surface area contributed by atoms with Crippen molar-refractivity contribution in [3.05, 3.63) is 0 Å². The van der Waals surface area contributed by atoms with Crippen LogP contribution in [-0.2, 0) is 0 Å². The maximum absolute atomic E-state index is 11.9. The summed E-state index contributed by atoms with van der Waals surface area (Å²) in [5, 5.41) is 2.92. The van der Waals surface area contributed by atoms with Crippen molar-refractivity contribution in [2.24, 2.45) is 0 Å². The molecule has 0 aromatic heterocycles. The maximum atomic E-state index is 11.9. The van der Waals surface area contributed by atoms with Crippen molar-refractivity contribution in [3.63, 3.8) is 0 Å². The first kappa shape index (κ1) is 12.9. The van der Waals surface area contributed by atoms with Gasteiger partial charge in [-0.25, -0.2) is 4.79 Å². The highest BCUT2D eigenvalue weighted by Gasteiger charge is 2.17. The van der Waals surface area contributed by atoms with E-state index in [-0.39, 0.29) is 12.1 Å². The molecule has 1 fully saturated rings. The van der Waals surface area contributed by atoms with E-state index in [9.17, 15) is 4.79 Å². The van der Waals surface area contributed by atoms with E-state index >= 15 is 0 Å². The van der Waals surface area contributed by atoms with Crippen LogP contribution in [0.25, 0.3) is 0 Å². The lowest BCUT2D eigenvalue weighted by Gasteiger charge is -2.23. The molecule has 1 unspecified atom stereocenters. The van der Waals surface area contributed by atoms with Gasteiger partial charge < -0.3 is 10.2 Å². The predicted molar refractivity (Wildman–Crippen MR) is 66.1 cm³/mol. The molecular weight excluding hydrogens is 200 g/mol. The van der Waals surface area contributed by atoms with Gasteiger partial charge in [0.1, 0.15) is 0 Å². The number of carbonyl (C=O) groups is 1. The minimum absolute atomic E-state index is 0.0123. The number of nitrogens with one attached hydrogen (secondary N) is 1. The molecule has 16 heavy (non-hydrogen) atoms. The molecule has 0 radical (unpaired) electrons. The van der Waals surface area contributed by atoms with Crippen LogP contribution in [0.15, 0.2) is 0 Å². The van der Waals surface area contributed by atoms with Gasteiger partial charge in [0, 0.05) is 13.1 Å². The Morgan fingerprint density at radius 1 is 1.38 bits per heavy atom. The fourth-order valence-electron chi connectivity index (χ4n) is 2.00. The van der Waals surface area contributed by atoms with Gasteiger partial charge in [0.05, 0.1) is 6.04 Å². The van der Waals surface area contributed by atoms with E-state index < -0.39 is 0 Å². The SMILES string of the molecule is C#CC(CCC)NC(=O)N1CCCCCC1. The van der Waals surface area contributed by atoms with E-state index in [1.54, 1.807) is 0 Å². The van der Waals surface area contributed by atoms with Crippen LogP contribution in [0.4, 0.5) is 4.79 Å². The van der Waals surface area contributed by atoms with Crippen LogP contribution in [-0.4, -0.2) is 30.1 Å². The van der Waals surface area contributed by atoms with Crippen molar-refractivity contribution < 1.29 is 4.79 Å². The first-order valence-corrected chi connectivity index (χ1v) is 6.29. The third kappa shape index (κ3) is 4.14. The summed E-state index contributed by atoms with van der Waals surface area (Å²) < 4.78 is 0. The molecule has 1 heterocycles. The number of hydrogen-bond donors (Lipinski definition) is 1. The molecule has 1 aliphatic rings. The lowest BCUT2D eigenvalue weighted by Crippen LogP contribution is -2.44. The Hall–Kier alpha value is -1.17. The van der Waals surface area contributed by atoms with Crippen LogP contribution < -0.4 is 5.32 Å². The van der Waals surface area contributed by atoms with E-state index in [1.165, 1.54) is 12.8 Å². The molecule has 1 saturated heterocycles. The number of likely N-dealkylation sites (tertiary alicyclic amines) is 1. The van der Waals surface area contributed by atoms with Crippen molar-refractivity contribution >= 4 is 6.03 Å². The van der Waals surface area contributed by atoms with Crippen molar-refractivity contribution in [1.29, 1.82) is 0 Å². The Balaban J connectivity index is 2.40. The third-order valence-corrected chi connectivity index (χ3v) is 2.97. The highest BCUT2D eigenvalue weighted by Crippen LogP contribution is 2.10. The van der Waals surface area contributed by atoms with Gasteiger partial charge in [-0.2, -0.15) is 0 Å². The number of carbonyl (C=O) groups excluding carboxylic acids is 1. The molecule has 1 aliphatic heterocycles. The lowest BCUT2D eigenvalue weighted by atomic mass is 10.2. The average molecular weight is 222 g/mol. The minimum atomic E-state index is -0.110. The maximum Gasteiger partial charge on any atom is 0.318 e. The van der Waals surface area contributed by atoms with Crippen LogP contribution in [0.3, 0.4) is 0 Å². The van der Waals surface area contributed by atoms with Crippen LogP contribution in [0.1, 0.15) is 45.4 Å². The molecule has 1 N–H and O–H groups in total. The zero-order valence-electron chi connectivity index (χ0n) is 10.2. The molecular formula is C13H22N2O. The van der Waals surface area contributed by atoms with Crippen molar-refractivity contribution in [1.82, 2.24) is 10.2 Å². The molecule has 2 amide bonds. The molecule has 1 rings (SSSR count). The molecule has 3 nitrogen and oxygen atoms in total. The topological polar surface area (TPSA) is 32.3 Å². The van der Waals surface area contributed by atoms with Gasteiger partial charge >= 0.3 is 6.03 Å².